The van der Waals surface area contributed by atoms with Crippen molar-refractivity contribution in [1.82, 2.24) is 14.9 Å². The number of carbonyl (C=O) groups excluding carboxylic acids is 1. The number of nitrogens with zero attached hydrogens (tertiary/aromatic N) is 3. The van der Waals surface area contributed by atoms with Crippen LogP contribution in [-0.2, 0) is 6.42 Å². The highest BCUT2D eigenvalue weighted by molar-refractivity contribution is 6.03. The van der Waals surface area contributed by atoms with Gasteiger partial charge in [0.15, 0.2) is 0 Å². The first kappa shape index (κ1) is 17.9. The Labute approximate surface area is 143 Å². The second kappa shape index (κ2) is 8.98. The molecule has 0 saturated carbocycles. The van der Waals surface area contributed by atoms with Gasteiger partial charge < -0.3 is 15.5 Å². The van der Waals surface area contributed by atoms with Crippen LogP contribution in [0.3, 0.4) is 0 Å². The van der Waals surface area contributed by atoms with Crippen LogP contribution in [0.5, 0.6) is 0 Å². The maximum absolute atomic E-state index is 12.4. The highest BCUT2D eigenvalue weighted by atomic mass is 16.1. The number of hydrogen-bond acceptors (Lipinski definition) is 5. The Morgan fingerprint density at radius 3 is 2.75 bits per heavy atom. The molecule has 1 aromatic heterocycles. The topological polar surface area (TPSA) is 70.2 Å². The number of para-hydroxylation sites is 1. The maximum atomic E-state index is 12.4. The van der Waals surface area contributed by atoms with Gasteiger partial charge in [-0.1, -0.05) is 25.1 Å². The van der Waals surface area contributed by atoms with Crippen LogP contribution in [0.1, 0.15) is 29.4 Å². The lowest BCUT2D eigenvalue weighted by atomic mass is 10.1. The summed E-state index contributed by atoms with van der Waals surface area (Å²) in [7, 11) is 4.09. The zero-order chi connectivity index (χ0) is 17.4. The van der Waals surface area contributed by atoms with Crippen LogP contribution in [0.25, 0.3) is 0 Å². The highest BCUT2D eigenvalue weighted by Gasteiger charge is 2.10. The number of benzene rings is 1. The number of amides is 1. The number of aromatic nitrogens is 2. The molecule has 0 atom stereocenters. The molecule has 24 heavy (non-hydrogen) atoms. The molecular formula is C18H25N5O. The van der Waals surface area contributed by atoms with E-state index in [1.165, 1.54) is 6.33 Å². The number of nitrogens with one attached hydrogen (secondary N) is 2. The van der Waals surface area contributed by atoms with E-state index in [9.17, 15) is 4.79 Å². The Morgan fingerprint density at radius 1 is 1.21 bits per heavy atom. The Balaban J connectivity index is 1.98. The molecule has 0 fully saturated rings. The van der Waals surface area contributed by atoms with Crippen molar-refractivity contribution in [3.05, 3.63) is 47.9 Å². The second-order valence-corrected chi connectivity index (χ2v) is 5.84. The lowest BCUT2D eigenvalue weighted by Crippen LogP contribution is -2.18. The fourth-order valence-corrected chi connectivity index (χ4v) is 2.33. The SMILES string of the molecule is CCc1ccccc1NC(=O)c1cc(NCCCN(C)C)ncn1. The summed E-state index contributed by atoms with van der Waals surface area (Å²) in [5.41, 5.74) is 2.28. The molecule has 0 saturated heterocycles. The van der Waals surface area contributed by atoms with Crippen molar-refractivity contribution in [2.75, 3.05) is 37.8 Å². The number of aryl methyl sites for hydroxylation is 1. The van der Waals surface area contributed by atoms with Crippen LogP contribution in [0, 0.1) is 0 Å². The molecule has 0 aliphatic carbocycles. The average molecular weight is 327 g/mol. The summed E-state index contributed by atoms with van der Waals surface area (Å²) >= 11 is 0. The molecule has 0 radical (unpaired) electrons. The molecule has 2 N–H and O–H groups in total. The maximum Gasteiger partial charge on any atom is 0.274 e. The van der Waals surface area contributed by atoms with E-state index in [-0.39, 0.29) is 5.91 Å². The normalized spacial score (nSPS) is 10.7. The fraction of sp³-hybridized carbons (Fsp3) is 0.389. The van der Waals surface area contributed by atoms with Crippen molar-refractivity contribution in [3.63, 3.8) is 0 Å². The van der Waals surface area contributed by atoms with Gasteiger partial charge in [-0.3, -0.25) is 4.79 Å². The molecule has 0 aliphatic heterocycles. The third kappa shape index (κ3) is 5.31. The molecule has 2 aromatic rings. The summed E-state index contributed by atoms with van der Waals surface area (Å²) in [6.07, 6.45) is 3.27. The molecule has 6 nitrogen and oxygen atoms in total. The Hall–Kier alpha value is -2.47. The number of carbonyl (C=O) groups is 1. The minimum Gasteiger partial charge on any atom is -0.370 e. The lowest BCUT2D eigenvalue weighted by Gasteiger charge is -2.11. The minimum absolute atomic E-state index is 0.227. The van der Waals surface area contributed by atoms with Crippen LogP contribution in [0.15, 0.2) is 36.7 Å². The summed E-state index contributed by atoms with van der Waals surface area (Å²) in [5, 5.41) is 6.15. The van der Waals surface area contributed by atoms with Gasteiger partial charge in [-0.25, -0.2) is 9.97 Å². The van der Waals surface area contributed by atoms with Gasteiger partial charge in [-0.05, 0) is 45.1 Å². The summed E-state index contributed by atoms with van der Waals surface area (Å²) < 4.78 is 0. The predicted molar refractivity (Wildman–Crippen MR) is 97.5 cm³/mol. The van der Waals surface area contributed by atoms with Crippen LogP contribution < -0.4 is 10.6 Å². The lowest BCUT2D eigenvalue weighted by molar-refractivity contribution is 0.102. The minimum atomic E-state index is -0.227. The molecule has 1 amide bonds. The molecule has 6 heteroatoms. The van der Waals surface area contributed by atoms with Gasteiger partial charge in [0.1, 0.15) is 17.8 Å². The first-order valence-corrected chi connectivity index (χ1v) is 8.20. The van der Waals surface area contributed by atoms with Crippen molar-refractivity contribution in [1.29, 1.82) is 0 Å². The van der Waals surface area contributed by atoms with Crippen molar-refractivity contribution in [2.45, 2.75) is 19.8 Å². The van der Waals surface area contributed by atoms with E-state index in [2.05, 4.69) is 32.4 Å². The summed E-state index contributed by atoms with van der Waals surface area (Å²) in [4.78, 5) is 22.8. The quantitative estimate of drug-likeness (QED) is 0.730. The van der Waals surface area contributed by atoms with E-state index >= 15 is 0 Å². The van der Waals surface area contributed by atoms with Gasteiger partial charge in [-0.15, -0.1) is 0 Å². The van der Waals surface area contributed by atoms with E-state index in [1.807, 2.05) is 38.4 Å². The van der Waals surface area contributed by atoms with Crippen LogP contribution in [0.4, 0.5) is 11.5 Å². The predicted octanol–water partition coefficient (Wildman–Crippen LogP) is 2.65. The number of hydrogen-bond donors (Lipinski definition) is 2. The molecule has 1 heterocycles. The molecule has 0 aliphatic rings. The van der Waals surface area contributed by atoms with Crippen molar-refractivity contribution >= 4 is 17.4 Å². The van der Waals surface area contributed by atoms with E-state index in [0.29, 0.717) is 11.5 Å². The molecular weight excluding hydrogens is 302 g/mol. The van der Waals surface area contributed by atoms with E-state index in [4.69, 9.17) is 0 Å². The van der Waals surface area contributed by atoms with Crippen molar-refractivity contribution in [3.8, 4) is 0 Å². The first-order chi connectivity index (χ1) is 11.6. The van der Waals surface area contributed by atoms with Crippen molar-refractivity contribution in [2.24, 2.45) is 0 Å². The van der Waals surface area contributed by atoms with E-state index in [1.54, 1.807) is 6.07 Å². The van der Waals surface area contributed by atoms with Gasteiger partial charge >= 0.3 is 0 Å². The molecule has 1 aromatic carbocycles. The summed E-state index contributed by atoms with van der Waals surface area (Å²) in [6, 6.07) is 9.46. The molecule has 0 spiro atoms. The number of rotatable bonds is 8. The van der Waals surface area contributed by atoms with Gasteiger partial charge in [0.25, 0.3) is 5.91 Å². The highest BCUT2D eigenvalue weighted by Crippen LogP contribution is 2.16. The van der Waals surface area contributed by atoms with Crippen LogP contribution in [0.2, 0.25) is 0 Å². The zero-order valence-corrected chi connectivity index (χ0v) is 14.5. The second-order valence-electron chi connectivity index (χ2n) is 5.84. The standard InChI is InChI=1S/C18H25N5O/c1-4-14-8-5-6-9-15(14)22-18(24)16-12-17(21-13-20-16)19-10-7-11-23(2)3/h5-6,8-9,12-13H,4,7,10-11H2,1-3H3,(H,22,24)(H,19,20,21). The summed E-state index contributed by atoms with van der Waals surface area (Å²) in [5.74, 6) is 0.437. The Morgan fingerprint density at radius 2 is 2.00 bits per heavy atom. The largest absolute Gasteiger partial charge is 0.370 e. The monoisotopic (exact) mass is 327 g/mol. The molecule has 128 valence electrons. The molecule has 0 bridgehead atoms. The van der Waals surface area contributed by atoms with Gasteiger partial charge in [0, 0.05) is 18.3 Å². The zero-order valence-electron chi connectivity index (χ0n) is 14.5. The van der Waals surface area contributed by atoms with Gasteiger partial charge in [0.05, 0.1) is 0 Å². The smallest absolute Gasteiger partial charge is 0.274 e. The molecule has 2 rings (SSSR count). The fourth-order valence-electron chi connectivity index (χ4n) is 2.33. The Bertz CT molecular complexity index is 672. The summed E-state index contributed by atoms with van der Waals surface area (Å²) in [6.45, 7) is 3.86. The average Bonchev–Trinajstić information content (AvgIpc) is 2.59. The Kier molecular flexibility index (Phi) is 6.69. The number of anilines is 2. The van der Waals surface area contributed by atoms with Crippen molar-refractivity contribution < 1.29 is 4.79 Å². The van der Waals surface area contributed by atoms with Crippen LogP contribution >= 0.6 is 0 Å². The third-order valence-electron chi connectivity index (χ3n) is 3.63. The molecule has 0 unspecified atom stereocenters. The van der Waals surface area contributed by atoms with E-state index < -0.39 is 0 Å². The van der Waals surface area contributed by atoms with Gasteiger partial charge in [0.2, 0.25) is 0 Å². The van der Waals surface area contributed by atoms with Crippen LogP contribution in [-0.4, -0.2) is 48.0 Å². The van der Waals surface area contributed by atoms with E-state index in [0.717, 1.165) is 37.2 Å². The van der Waals surface area contributed by atoms with Gasteiger partial charge in [-0.2, -0.15) is 0 Å². The third-order valence-corrected chi connectivity index (χ3v) is 3.63. The first-order valence-electron chi connectivity index (χ1n) is 8.20.